The Balaban J connectivity index is 1.46. The van der Waals surface area contributed by atoms with Gasteiger partial charge in [-0.05, 0) is 74.2 Å². The van der Waals surface area contributed by atoms with Crippen LogP contribution in [0.3, 0.4) is 0 Å². The van der Waals surface area contributed by atoms with Crippen LogP contribution < -0.4 is 9.47 Å². The molecule has 2 saturated heterocycles. The van der Waals surface area contributed by atoms with Gasteiger partial charge < -0.3 is 32.7 Å². The molecule has 52 heavy (non-hydrogen) atoms. The van der Waals surface area contributed by atoms with E-state index in [0.29, 0.717) is 0 Å². The second-order valence-corrected chi connectivity index (χ2v) is 15.1. The molecule has 10 heteroatoms. The normalized spacial score (nSPS) is 21.8. The van der Waals surface area contributed by atoms with Gasteiger partial charge in [0.15, 0.2) is 0 Å². The Bertz CT molecular complexity index is 1700. The average molecular weight is 725 g/mol. The fraction of sp³-hybridized carbons (Fsp3) is 0.405. The molecule has 0 spiro atoms. The lowest BCUT2D eigenvalue weighted by Crippen LogP contribution is -2.49. The summed E-state index contributed by atoms with van der Waals surface area (Å²) in [7, 11) is 1.72. The summed E-state index contributed by atoms with van der Waals surface area (Å²) in [4.78, 5) is 0. The third-order valence-corrected chi connectivity index (χ3v) is 11.8. The van der Waals surface area contributed by atoms with Crippen LogP contribution in [0.5, 0.6) is 11.5 Å². The quantitative estimate of drug-likeness (QED) is 0.0603. The van der Waals surface area contributed by atoms with Crippen molar-refractivity contribution in [2.24, 2.45) is 0 Å². The molecule has 0 N–H and O–H groups in total. The molecule has 2 aliphatic rings. The van der Waals surface area contributed by atoms with Crippen molar-refractivity contribution in [1.82, 2.24) is 4.67 Å². The number of benzene rings is 4. The molecule has 5 atom stereocenters. The molecular weight excluding hydrogens is 675 g/mol. The Morgan fingerprint density at radius 1 is 0.808 bits per heavy atom. The summed E-state index contributed by atoms with van der Waals surface area (Å²) in [6, 6.07) is 38.8. The molecule has 4 aromatic carbocycles. The van der Waals surface area contributed by atoms with Crippen molar-refractivity contribution >= 4 is 8.53 Å². The van der Waals surface area contributed by atoms with Crippen LogP contribution in [0.2, 0.25) is 0 Å². The van der Waals surface area contributed by atoms with E-state index >= 15 is 0 Å². The predicted molar refractivity (Wildman–Crippen MR) is 201 cm³/mol. The largest absolute Gasteiger partial charge is 0.497 e. The third-order valence-electron chi connectivity index (χ3n) is 9.70. The number of rotatable bonds is 17. The number of ether oxygens (including phenoxy) is 5. The molecular formula is C42H49N2O7P. The van der Waals surface area contributed by atoms with E-state index in [9.17, 15) is 5.26 Å². The van der Waals surface area contributed by atoms with Gasteiger partial charge in [-0.1, -0.05) is 84.9 Å². The summed E-state index contributed by atoms with van der Waals surface area (Å²) in [5, 5.41) is 9.36. The first-order valence-electron chi connectivity index (χ1n) is 17.8. The first-order chi connectivity index (χ1) is 25.3. The summed E-state index contributed by atoms with van der Waals surface area (Å²) in [5.74, 6) is 1.49. The minimum absolute atomic E-state index is 0.127. The van der Waals surface area contributed by atoms with Gasteiger partial charge in [-0.25, -0.2) is 4.67 Å². The van der Waals surface area contributed by atoms with Gasteiger partial charge >= 0.3 is 0 Å². The van der Waals surface area contributed by atoms with Crippen LogP contribution >= 0.6 is 8.53 Å². The lowest BCUT2D eigenvalue weighted by Gasteiger charge is -2.41. The van der Waals surface area contributed by atoms with E-state index in [1.807, 2.05) is 84.9 Å². The van der Waals surface area contributed by atoms with Crippen molar-refractivity contribution < 1.29 is 32.7 Å². The molecule has 0 saturated carbocycles. The maximum atomic E-state index is 9.36. The van der Waals surface area contributed by atoms with Gasteiger partial charge in [0.05, 0.1) is 46.5 Å². The van der Waals surface area contributed by atoms with E-state index in [-0.39, 0.29) is 44.4 Å². The molecule has 2 bridgehead atoms. The highest BCUT2D eigenvalue weighted by molar-refractivity contribution is 7.44. The molecule has 9 nitrogen and oxygen atoms in total. The van der Waals surface area contributed by atoms with E-state index in [0.717, 1.165) is 33.8 Å². The molecule has 4 aromatic rings. The molecule has 2 aliphatic heterocycles. The van der Waals surface area contributed by atoms with Gasteiger partial charge in [0, 0.05) is 12.1 Å². The average Bonchev–Trinajstić information content (AvgIpc) is 3.67. The molecule has 1 unspecified atom stereocenters. The lowest BCUT2D eigenvalue weighted by molar-refractivity contribution is -0.184. The van der Waals surface area contributed by atoms with Crippen LogP contribution in [0.4, 0.5) is 0 Å². The van der Waals surface area contributed by atoms with Gasteiger partial charge in [-0.15, -0.1) is 0 Å². The standard InChI is InChI=1S/C42H49N2O7P/c1-30(2)44(31(3)4)52(49-27-13-26-43)51-40-39-38(32-14-9-7-10-15-32)50-41(40,28-47-39)29-48-42(33-16-11-8-12-17-33,34-18-22-36(45-5)23-19-34)35-20-24-37(46-6)25-21-35/h7-12,14-25,30-31,38-40H,13,27-29H2,1-6H3/t38-,39+,40+,41-,52?/m0/s1. The number of hydrogen-bond donors (Lipinski definition) is 0. The van der Waals surface area contributed by atoms with Crippen LogP contribution in [-0.2, 0) is 28.9 Å². The summed E-state index contributed by atoms with van der Waals surface area (Å²) in [5.41, 5.74) is 1.71. The van der Waals surface area contributed by atoms with Gasteiger partial charge in [-0.3, -0.25) is 0 Å². The molecule has 2 fully saturated rings. The van der Waals surface area contributed by atoms with Crippen LogP contribution in [0.25, 0.3) is 0 Å². The van der Waals surface area contributed by atoms with Gasteiger partial charge in [-0.2, -0.15) is 5.26 Å². The van der Waals surface area contributed by atoms with E-state index < -0.39 is 31.9 Å². The molecule has 0 amide bonds. The molecule has 2 heterocycles. The first kappa shape index (κ1) is 37.9. The highest BCUT2D eigenvalue weighted by atomic mass is 31.2. The minimum atomic E-state index is -1.60. The Hall–Kier alpha value is -3.84. The van der Waals surface area contributed by atoms with E-state index in [1.165, 1.54) is 0 Å². The van der Waals surface area contributed by atoms with Crippen LogP contribution in [0.1, 0.15) is 62.5 Å². The maximum Gasteiger partial charge on any atom is 0.259 e. The number of nitrogens with zero attached hydrogens (tertiary/aromatic N) is 2. The zero-order valence-electron chi connectivity index (χ0n) is 30.8. The Kier molecular flexibility index (Phi) is 12.3. The lowest BCUT2D eigenvalue weighted by atomic mass is 9.79. The molecule has 6 rings (SSSR count). The first-order valence-corrected chi connectivity index (χ1v) is 19.0. The maximum absolute atomic E-state index is 9.36. The Morgan fingerprint density at radius 2 is 1.35 bits per heavy atom. The van der Waals surface area contributed by atoms with Crippen molar-refractivity contribution in [3.05, 3.63) is 131 Å². The van der Waals surface area contributed by atoms with Gasteiger partial charge in [0.1, 0.15) is 41.0 Å². The second-order valence-electron chi connectivity index (χ2n) is 13.7. The SMILES string of the molecule is COc1ccc(C(OC[C@@]23CO[C@@H]([C@H]2OP(OCCC#N)N(C(C)C)C(C)C)[C@H](c2ccccc2)O3)(c2ccccc2)c2ccc(OC)cc2)cc1. The van der Waals surface area contributed by atoms with Crippen molar-refractivity contribution in [2.75, 3.05) is 34.0 Å². The molecule has 274 valence electrons. The summed E-state index contributed by atoms with van der Waals surface area (Å²) < 4.78 is 48.1. The molecule has 0 aliphatic carbocycles. The Morgan fingerprint density at radius 3 is 1.87 bits per heavy atom. The summed E-state index contributed by atoms with van der Waals surface area (Å²) >= 11 is 0. The minimum Gasteiger partial charge on any atom is -0.497 e. The second kappa shape index (κ2) is 16.9. The van der Waals surface area contributed by atoms with Gasteiger partial charge in [0.25, 0.3) is 8.53 Å². The Labute approximate surface area is 309 Å². The topological polar surface area (TPSA) is 91.6 Å². The highest BCUT2D eigenvalue weighted by Crippen LogP contribution is 2.57. The molecule has 0 aromatic heterocycles. The van der Waals surface area contributed by atoms with Crippen LogP contribution in [-0.4, -0.2) is 68.6 Å². The smallest absolute Gasteiger partial charge is 0.259 e. The van der Waals surface area contributed by atoms with Crippen LogP contribution in [0, 0.1) is 11.3 Å². The number of nitriles is 1. The fourth-order valence-electron chi connectivity index (χ4n) is 7.28. The van der Waals surface area contributed by atoms with Crippen LogP contribution in [0.15, 0.2) is 109 Å². The third kappa shape index (κ3) is 7.62. The predicted octanol–water partition coefficient (Wildman–Crippen LogP) is 8.58. The van der Waals surface area contributed by atoms with E-state index in [1.54, 1.807) is 14.2 Å². The summed E-state index contributed by atoms with van der Waals surface area (Å²) in [6.45, 7) is 9.19. The number of methoxy groups -OCH3 is 2. The number of fused-ring (bicyclic) bond motifs is 2. The molecule has 0 radical (unpaired) electrons. The zero-order chi connectivity index (χ0) is 36.7. The zero-order valence-corrected chi connectivity index (χ0v) is 31.7. The summed E-state index contributed by atoms with van der Waals surface area (Å²) in [6.07, 6.45) is -1.08. The van der Waals surface area contributed by atoms with E-state index in [2.05, 4.69) is 62.7 Å². The van der Waals surface area contributed by atoms with Crippen molar-refractivity contribution in [3.8, 4) is 17.6 Å². The number of hydrogen-bond acceptors (Lipinski definition) is 9. The van der Waals surface area contributed by atoms with Crippen molar-refractivity contribution in [1.29, 1.82) is 5.26 Å². The van der Waals surface area contributed by atoms with Crippen molar-refractivity contribution in [3.63, 3.8) is 0 Å². The van der Waals surface area contributed by atoms with Crippen molar-refractivity contribution in [2.45, 2.75) is 75.7 Å². The van der Waals surface area contributed by atoms with Gasteiger partial charge in [0.2, 0.25) is 0 Å². The highest BCUT2D eigenvalue weighted by Gasteiger charge is 2.64. The fourth-order valence-corrected chi connectivity index (χ4v) is 9.09. The van der Waals surface area contributed by atoms with E-state index in [4.69, 9.17) is 32.7 Å². The monoisotopic (exact) mass is 724 g/mol.